The van der Waals surface area contributed by atoms with E-state index < -0.39 is 18.5 Å². The lowest BCUT2D eigenvalue weighted by molar-refractivity contribution is -0.141. The molecule has 1 aliphatic heterocycles. The van der Waals surface area contributed by atoms with Gasteiger partial charge in [-0.1, -0.05) is 32.1 Å². The van der Waals surface area contributed by atoms with E-state index in [-0.39, 0.29) is 6.16 Å². The van der Waals surface area contributed by atoms with Crippen molar-refractivity contribution in [1.29, 1.82) is 0 Å². The first-order chi connectivity index (χ1) is 8.96. The van der Waals surface area contributed by atoms with Crippen LogP contribution in [-0.2, 0) is 9.36 Å². The molecule has 5 nitrogen and oxygen atoms in total. The molecule has 0 aromatic rings. The van der Waals surface area contributed by atoms with Crippen molar-refractivity contribution >= 4 is 13.3 Å². The Balaban J connectivity index is 2.85. The van der Waals surface area contributed by atoms with Crippen molar-refractivity contribution in [2.45, 2.75) is 62.9 Å². The van der Waals surface area contributed by atoms with Gasteiger partial charge in [-0.25, -0.2) is 0 Å². The second kappa shape index (κ2) is 7.41. The van der Waals surface area contributed by atoms with E-state index >= 15 is 0 Å². The summed E-state index contributed by atoms with van der Waals surface area (Å²) in [6.45, 7) is 0.580. The molecule has 1 rings (SSSR count). The molecular weight excluding hydrogens is 265 g/mol. The number of nitrogens with two attached hydrogens (primary N) is 1. The summed E-state index contributed by atoms with van der Waals surface area (Å²) in [7, 11) is -3.63. The van der Waals surface area contributed by atoms with Crippen LogP contribution in [0.2, 0.25) is 0 Å². The number of rotatable bonds is 6. The number of aliphatic carboxylic acids is 1. The molecule has 0 spiro atoms. The highest BCUT2D eigenvalue weighted by molar-refractivity contribution is 7.60. The van der Waals surface area contributed by atoms with Gasteiger partial charge < -0.3 is 15.7 Å². The number of hydrogen-bond donors (Lipinski definition) is 3. The highest BCUT2D eigenvalue weighted by Gasteiger charge is 2.52. The Morgan fingerprint density at radius 2 is 1.84 bits per heavy atom. The van der Waals surface area contributed by atoms with E-state index in [9.17, 15) is 19.4 Å². The van der Waals surface area contributed by atoms with Crippen LogP contribution in [0.15, 0.2) is 0 Å². The lowest BCUT2D eigenvalue weighted by Gasteiger charge is -2.35. The van der Waals surface area contributed by atoms with Crippen LogP contribution < -0.4 is 5.73 Å². The maximum atomic E-state index is 12.5. The highest BCUT2D eigenvalue weighted by atomic mass is 31.2. The van der Waals surface area contributed by atoms with Crippen molar-refractivity contribution in [2.75, 3.05) is 12.7 Å². The molecule has 0 aliphatic carbocycles. The zero-order valence-electron chi connectivity index (χ0n) is 11.5. The standard InChI is InChI=1S/C13H26NO4P/c14-10-6-3-5-9-13(12(15)16)8-4-1-2-7-11-19(13,17)18/h1-11,14H2,(H,15,16)(H,17,18). The summed E-state index contributed by atoms with van der Waals surface area (Å²) in [6.07, 6.45) is 6.38. The Morgan fingerprint density at radius 1 is 1.16 bits per heavy atom. The Kier molecular flexibility index (Phi) is 6.51. The smallest absolute Gasteiger partial charge is 0.319 e. The van der Waals surface area contributed by atoms with Crippen molar-refractivity contribution in [2.24, 2.45) is 5.73 Å². The van der Waals surface area contributed by atoms with Gasteiger partial charge in [-0.2, -0.15) is 0 Å². The zero-order chi connectivity index (χ0) is 14.4. The van der Waals surface area contributed by atoms with E-state index in [0.29, 0.717) is 32.2 Å². The molecule has 0 saturated carbocycles. The molecule has 1 saturated heterocycles. The van der Waals surface area contributed by atoms with Crippen molar-refractivity contribution in [3.8, 4) is 0 Å². The summed E-state index contributed by atoms with van der Waals surface area (Å²) in [4.78, 5) is 21.9. The van der Waals surface area contributed by atoms with E-state index in [1.807, 2.05) is 0 Å². The molecule has 0 radical (unpaired) electrons. The van der Waals surface area contributed by atoms with Gasteiger partial charge in [0, 0.05) is 6.16 Å². The normalized spacial score (nSPS) is 32.5. The zero-order valence-corrected chi connectivity index (χ0v) is 12.4. The largest absolute Gasteiger partial charge is 0.480 e. The average Bonchev–Trinajstić information content (AvgIpc) is 2.33. The second-order valence-electron chi connectivity index (χ2n) is 5.53. The number of carboxylic acids is 1. The maximum Gasteiger partial charge on any atom is 0.319 e. The molecule has 2 unspecified atom stereocenters. The summed E-state index contributed by atoms with van der Waals surface area (Å²) in [5, 5.41) is 8.13. The van der Waals surface area contributed by atoms with Crippen molar-refractivity contribution < 1.29 is 19.4 Å². The Hall–Kier alpha value is -0.380. The van der Waals surface area contributed by atoms with E-state index in [0.717, 1.165) is 32.1 Å². The van der Waals surface area contributed by atoms with Crippen LogP contribution in [0.5, 0.6) is 0 Å². The predicted molar refractivity (Wildman–Crippen MR) is 75.7 cm³/mol. The fourth-order valence-electron chi connectivity index (χ4n) is 2.89. The van der Waals surface area contributed by atoms with Gasteiger partial charge in [-0.3, -0.25) is 9.36 Å². The van der Waals surface area contributed by atoms with Gasteiger partial charge >= 0.3 is 5.97 Å². The van der Waals surface area contributed by atoms with Crippen LogP contribution >= 0.6 is 7.37 Å². The van der Waals surface area contributed by atoms with Crippen molar-refractivity contribution in [1.82, 2.24) is 0 Å². The minimum absolute atomic E-state index is 0.149. The van der Waals surface area contributed by atoms with Crippen LogP contribution in [0.25, 0.3) is 0 Å². The van der Waals surface area contributed by atoms with Crippen LogP contribution in [0, 0.1) is 0 Å². The fourth-order valence-corrected chi connectivity index (χ4v) is 5.28. The minimum atomic E-state index is -3.63. The first-order valence-electron chi connectivity index (χ1n) is 7.22. The second-order valence-corrected chi connectivity index (χ2v) is 8.23. The number of hydrogen-bond acceptors (Lipinski definition) is 3. The first kappa shape index (κ1) is 16.7. The number of unbranched alkanes of at least 4 members (excludes halogenated alkanes) is 2. The van der Waals surface area contributed by atoms with Crippen LogP contribution in [0.3, 0.4) is 0 Å². The van der Waals surface area contributed by atoms with Gasteiger partial charge in [-0.05, 0) is 32.2 Å². The number of carboxylic acid groups (broad SMARTS) is 1. The topological polar surface area (TPSA) is 101 Å². The lowest BCUT2D eigenvalue weighted by atomic mass is 9.93. The molecule has 2 atom stereocenters. The monoisotopic (exact) mass is 291 g/mol. The fraction of sp³-hybridized carbons (Fsp3) is 0.923. The van der Waals surface area contributed by atoms with Gasteiger partial charge in [0.05, 0.1) is 0 Å². The third-order valence-electron chi connectivity index (χ3n) is 4.16. The summed E-state index contributed by atoms with van der Waals surface area (Å²) >= 11 is 0. The quantitative estimate of drug-likeness (QED) is 0.516. The third-order valence-corrected chi connectivity index (χ3v) is 7.06. The SMILES string of the molecule is NCCCCCC1(C(=O)O)CCCCCCP1(=O)O. The van der Waals surface area contributed by atoms with E-state index in [2.05, 4.69) is 0 Å². The summed E-state index contributed by atoms with van der Waals surface area (Å²) in [6, 6.07) is 0. The van der Waals surface area contributed by atoms with Crippen LogP contribution in [-0.4, -0.2) is 33.8 Å². The average molecular weight is 291 g/mol. The first-order valence-corrected chi connectivity index (χ1v) is 9.06. The van der Waals surface area contributed by atoms with Crippen molar-refractivity contribution in [3.05, 3.63) is 0 Å². The van der Waals surface area contributed by atoms with Crippen LogP contribution in [0.4, 0.5) is 0 Å². The van der Waals surface area contributed by atoms with Crippen LogP contribution in [0.1, 0.15) is 57.8 Å². The highest BCUT2D eigenvalue weighted by Crippen LogP contribution is 2.60. The molecule has 1 aliphatic rings. The maximum absolute atomic E-state index is 12.5. The molecule has 0 amide bonds. The van der Waals surface area contributed by atoms with Gasteiger partial charge in [-0.15, -0.1) is 0 Å². The molecule has 4 N–H and O–H groups in total. The molecule has 6 heteroatoms. The summed E-state index contributed by atoms with van der Waals surface area (Å²) in [5.74, 6) is -1.09. The summed E-state index contributed by atoms with van der Waals surface area (Å²) < 4.78 is 12.5. The molecule has 1 fully saturated rings. The van der Waals surface area contributed by atoms with Gasteiger partial charge in [0.2, 0.25) is 7.37 Å². The molecule has 1 heterocycles. The molecule has 19 heavy (non-hydrogen) atoms. The predicted octanol–water partition coefficient (Wildman–Crippen LogP) is 2.56. The molecule has 0 aromatic heterocycles. The van der Waals surface area contributed by atoms with E-state index in [4.69, 9.17) is 5.73 Å². The number of carbonyl (C=O) groups is 1. The van der Waals surface area contributed by atoms with Crippen molar-refractivity contribution in [3.63, 3.8) is 0 Å². The minimum Gasteiger partial charge on any atom is -0.480 e. The van der Waals surface area contributed by atoms with E-state index in [1.165, 1.54) is 0 Å². The van der Waals surface area contributed by atoms with Gasteiger partial charge in [0.25, 0.3) is 0 Å². The van der Waals surface area contributed by atoms with E-state index in [1.54, 1.807) is 0 Å². The molecule has 0 aromatic carbocycles. The summed E-state index contributed by atoms with van der Waals surface area (Å²) in [5.41, 5.74) is 5.42. The Morgan fingerprint density at radius 3 is 2.47 bits per heavy atom. The van der Waals surface area contributed by atoms with Gasteiger partial charge in [0.1, 0.15) is 5.16 Å². The Labute approximate surface area is 115 Å². The Bertz CT molecular complexity index is 348. The van der Waals surface area contributed by atoms with Gasteiger partial charge in [0.15, 0.2) is 0 Å². The lowest BCUT2D eigenvalue weighted by Crippen LogP contribution is -2.40. The molecular formula is C13H26NO4P. The molecule has 112 valence electrons. The third kappa shape index (κ3) is 4.04. The molecule has 0 bridgehead atoms.